The molecule has 0 bridgehead atoms. The third-order valence-corrected chi connectivity index (χ3v) is 26.4. The van der Waals surface area contributed by atoms with Crippen molar-refractivity contribution in [2.24, 2.45) is 0 Å². The Kier molecular flexibility index (Phi) is 8.00. The molecule has 0 fully saturated rings. The van der Waals surface area contributed by atoms with Crippen LogP contribution in [0.3, 0.4) is 0 Å². The summed E-state index contributed by atoms with van der Waals surface area (Å²) in [5.41, 5.74) is 25.0. The average Bonchev–Trinajstić information content (AvgIpc) is 4.37. The Morgan fingerprint density at radius 1 is 0.316 bits per heavy atom. The van der Waals surface area contributed by atoms with Crippen LogP contribution in [0, 0.1) is 0 Å². The van der Waals surface area contributed by atoms with E-state index in [0.29, 0.717) is 0 Å². The zero-order valence-corrected chi connectivity index (χ0v) is 46.1. The molecule has 11 aromatic carbocycles. The molecule has 2 nitrogen and oxygen atoms in total. The van der Waals surface area contributed by atoms with Crippen LogP contribution in [0.5, 0.6) is 0 Å². The first-order chi connectivity index (χ1) is 36.7. The minimum absolute atomic E-state index is 0.150. The molecule has 2 aliphatic carbocycles. The monoisotopic (exact) mass is 1010 g/mol. The predicted octanol–water partition coefficient (Wildman–Crippen LogP) is 17.3. The van der Waals surface area contributed by atoms with Gasteiger partial charge in [0.25, 0.3) is 0 Å². The van der Waals surface area contributed by atoms with Crippen molar-refractivity contribution in [1.82, 2.24) is 0 Å². The quantitative estimate of drug-likeness (QED) is 0.161. The van der Waals surface area contributed by atoms with Gasteiger partial charge in [0.05, 0.1) is 0 Å². The third-order valence-electron chi connectivity index (χ3n) is 19.4. The highest BCUT2D eigenvalue weighted by Gasteiger charge is 2.47. The maximum atomic E-state index is 7.24. The van der Waals surface area contributed by atoms with Gasteiger partial charge in [-0.15, -0.1) is 0 Å². The van der Waals surface area contributed by atoms with E-state index in [1.165, 1.54) is 153 Å². The fraction of sp³-hybridized carbons (Fsp3) is 0.139. The minimum Gasteiger partial charge on any atom is -0.455 e. The maximum Gasteiger partial charge on any atom is 0.143 e. The van der Waals surface area contributed by atoms with Gasteiger partial charge < -0.3 is 8.83 Å². The van der Waals surface area contributed by atoms with Gasteiger partial charge in [-0.1, -0.05) is 212 Å². The first kappa shape index (κ1) is 43.2. The molecule has 0 spiro atoms. The Morgan fingerprint density at radius 3 is 1.13 bits per heavy atom. The van der Waals surface area contributed by atoms with E-state index in [9.17, 15) is 0 Å². The highest BCUT2D eigenvalue weighted by molar-refractivity contribution is 7.06. The lowest BCUT2D eigenvalue weighted by Gasteiger charge is -2.23. The van der Waals surface area contributed by atoms with Crippen molar-refractivity contribution in [3.8, 4) is 66.8 Å². The zero-order valence-electron chi connectivity index (χ0n) is 44.1. The number of fused-ring (bicyclic) bond motifs is 24. The summed E-state index contributed by atoms with van der Waals surface area (Å²) < 4.78 is 14.5. The molecule has 4 aliphatic rings. The van der Waals surface area contributed by atoms with Gasteiger partial charge >= 0.3 is 0 Å². The highest BCUT2D eigenvalue weighted by atomic mass is 28.3. The number of furan rings is 2. The second-order valence-electron chi connectivity index (χ2n) is 24.7. The molecule has 2 aromatic heterocycles. The molecule has 13 aromatic rings. The number of benzene rings is 11. The summed E-state index contributed by atoms with van der Waals surface area (Å²) in [6.45, 7) is 19.9. The van der Waals surface area contributed by atoms with Crippen molar-refractivity contribution >= 4 is 102 Å². The van der Waals surface area contributed by atoms with E-state index in [-0.39, 0.29) is 10.8 Å². The Hall–Kier alpha value is -8.03. The molecule has 0 saturated carbocycles. The SMILES string of the molecule is CC1(C)c2cc(-c3cc4c(c5oc6ccccc6c35)-c3cc5c(cc3[Si]4(C)C)-c3c(cc(-c4ccc6c(c4)C(C)(C)c4ccc7ccccc7c4-6)c4c3oc3ccccc34)[Si]5(C)C)ccc2-c2c1ccc1ccccc21. The number of hydrogen-bond acceptors (Lipinski definition) is 2. The second kappa shape index (κ2) is 14.1. The van der Waals surface area contributed by atoms with Crippen LogP contribution in [0.1, 0.15) is 49.9 Å². The molecule has 2 aliphatic heterocycles. The molecule has 0 unspecified atom stereocenters. The summed E-state index contributed by atoms with van der Waals surface area (Å²) in [5.74, 6) is 0. The van der Waals surface area contributed by atoms with Crippen molar-refractivity contribution in [2.45, 2.75) is 64.7 Å². The van der Waals surface area contributed by atoms with Crippen molar-refractivity contribution in [2.75, 3.05) is 0 Å². The Bertz CT molecular complexity index is 4570. The summed E-state index contributed by atoms with van der Waals surface area (Å²) in [6, 6.07) is 69.6. The lowest BCUT2D eigenvalue weighted by Crippen LogP contribution is -2.51. The Balaban J connectivity index is 0.867. The number of hydrogen-bond donors (Lipinski definition) is 0. The Morgan fingerprint density at radius 2 is 0.697 bits per heavy atom. The van der Waals surface area contributed by atoms with Crippen LogP contribution in [0.25, 0.3) is 132 Å². The largest absolute Gasteiger partial charge is 0.455 e. The molecule has 0 atom stereocenters. The number of para-hydroxylation sites is 2. The van der Waals surface area contributed by atoms with E-state index in [0.717, 1.165) is 22.3 Å². The van der Waals surface area contributed by atoms with Gasteiger partial charge in [0.15, 0.2) is 0 Å². The van der Waals surface area contributed by atoms with Crippen LogP contribution < -0.4 is 20.7 Å². The van der Waals surface area contributed by atoms with Gasteiger partial charge in [-0.2, -0.15) is 0 Å². The van der Waals surface area contributed by atoms with Gasteiger partial charge in [-0.25, -0.2) is 0 Å². The molecular formula is C72H54O2Si2. The van der Waals surface area contributed by atoms with E-state index in [1.54, 1.807) is 0 Å². The maximum absolute atomic E-state index is 7.24. The molecule has 0 saturated heterocycles. The lowest BCUT2D eigenvalue weighted by atomic mass is 9.81. The Labute approximate surface area is 444 Å². The van der Waals surface area contributed by atoms with E-state index in [4.69, 9.17) is 8.83 Å². The summed E-state index contributed by atoms with van der Waals surface area (Å²) in [7, 11) is -4.72. The van der Waals surface area contributed by atoms with Crippen molar-refractivity contribution in [3.05, 3.63) is 204 Å². The fourth-order valence-electron chi connectivity index (χ4n) is 15.5. The van der Waals surface area contributed by atoms with E-state index >= 15 is 0 Å². The third kappa shape index (κ3) is 5.18. The first-order valence-corrected chi connectivity index (χ1v) is 33.2. The van der Waals surface area contributed by atoms with E-state index in [2.05, 4.69) is 236 Å². The van der Waals surface area contributed by atoms with Gasteiger partial charge in [0.2, 0.25) is 0 Å². The van der Waals surface area contributed by atoms with Crippen molar-refractivity contribution < 1.29 is 8.83 Å². The first-order valence-electron chi connectivity index (χ1n) is 27.2. The molecule has 0 amide bonds. The van der Waals surface area contributed by atoms with Crippen LogP contribution in [0.2, 0.25) is 26.2 Å². The zero-order chi connectivity index (χ0) is 51.1. The lowest BCUT2D eigenvalue weighted by molar-refractivity contribution is 0.661. The van der Waals surface area contributed by atoms with Gasteiger partial charge in [-0.3, -0.25) is 0 Å². The van der Waals surface area contributed by atoms with E-state index < -0.39 is 16.1 Å². The van der Waals surface area contributed by atoms with Crippen LogP contribution in [0.15, 0.2) is 191 Å². The minimum atomic E-state index is -2.36. The molecule has 76 heavy (non-hydrogen) atoms. The van der Waals surface area contributed by atoms with Crippen LogP contribution >= 0.6 is 0 Å². The van der Waals surface area contributed by atoms with E-state index in [1.807, 2.05) is 0 Å². The van der Waals surface area contributed by atoms with Crippen molar-refractivity contribution in [3.63, 3.8) is 0 Å². The highest BCUT2D eigenvalue weighted by Crippen LogP contribution is 2.56. The van der Waals surface area contributed by atoms with Crippen LogP contribution in [-0.2, 0) is 10.8 Å². The van der Waals surface area contributed by atoms with Crippen LogP contribution in [0.4, 0.5) is 0 Å². The molecule has 4 heteroatoms. The predicted molar refractivity (Wildman–Crippen MR) is 326 cm³/mol. The molecule has 0 N–H and O–H groups in total. The van der Waals surface area contributed by atoms with Gasteiger partial charge in [-0.05, 0) is 144 Å². The second-order valence-corrected chi connectivity index (χ2v) is 33.3. The van der Waals surface area contributed by atoms with Gasteiger partial charge in [0.1, 0.15) is 38.5 Å². The average molecular weight is 1010 g/mol. The molecular weight excluding hydrogens is 953 g/mol. The van der Waals surface area contributed by atoms with Crippen molar-refractivity contribution in [1.29, 1.82) is 0 Å². The number of rotatable bonds is 2. The molecule has 362 valence electrons. The summed E-state index contributed by atoms with van der Waals surface area (Å²) >= 11 is 0. The summed E-state index contributed by atoms with van der Waals surface area (Å²) in [4.78, 5) is 0. The summed E-state index contributed by atoms with van der Waals surface area (Å²) in [6.07, 6.45) is 0. The smallest absolute Gasteiger partial charge is 0.143 e. The fourth-order valence-corrected chi connectivity index (χ4v) is 21.6. The topological polar surface area (TPSA) is 26.3 Å². The van der Waals surface area contributed by atoms with Gasteiger partial charge in [0, 0.05) is 43.5 Å². The standard InChI is InChI=1S/C72H54O2Si2/c1-71(2)53-31-27-39-17-9-11-19-43(39)63(53)45-29-25-41(33-55(45)71)49-35-61-67(69-65(49)47-21-13-15-23-57(47)73-69)51-37-60-52(38-59(51)75(61,5)6)68-62(76(60,7)8)36-50(66-48-22-14-16-24-58(48)74-70(66)68)42-26-30-46-56(34-42)72(3,4)54-32-28-40-18-10-12-20-44(40)64(46)54/h9-38H,1-8H3. The molecule has 0 radical (unpaired) electrons. The normalized spacial score (nSPS) is 16.3. The molecule has 4 heterocycles. The van der Waals surface area contributed by atoms with Crippen LogP contribution in [-0.4, -0.2) is 16.1 Å². The summed E-state index contributed by atoms with van der Waals surface area (Å²) in [5, 5.41) is 15.9. The molecule has 17 rings (SSSR count).